The van der Waals surface area contributed by atoms with Crippen molar-refractivity contribution in [1.29, 1.82) is 0 Å². The molecule has 1 atom stereocenters. The van der Waals surface area contributed by atoms with E-state index in [1.807, 2.05) is 30.1 Å². The molecule has 0 radical (unpaired) electrons. The molecule has 0 fully saturated rings. The fraction of sp³-hybridized carbons (Fsp3) is 0.500. The number of nitrogens with zero attached hydrogens (tertiary/aromatic N) is 1. The van der Waals surface area contributed by atoms with E-state index in [-0.39, 0.29) is 6.54 Å². The Kier molecular flexibility index (Phi) is 5.18. The van der Waals surface area contributed by atoms with Crippen LogP contribution >= 0.6 is 0 Å². The van der Waals surface area contributed by atoms with E-state index in [2.05, 4.69) is 13.8 Å². The number of hydrogen-bond acceptors (Lipinski definition) is 4. The lowest BCUT2D eigenvalue weighted by atomic mass is 10.0. The van der Waals surface area contributed by atoms with Crippen LogP contribution in [0.3, 0.4) is 0 Å². The van der Waals surface area contributed by atoms with Crippen molar-refractivity contribution in [2.45, 2.75) is 25.8 Å². The van der Waals surface area contributed by atoms with Crippen LogP contribution in [0.2, 0.25) is 0 Å². The number of carbonyl (C=O) groups is 1. The average molecular weight is 266 g/mol. The first-order chi connectivity index (χ1) is 8.86. The lowest BCUT2D eigenvalue weighted by Gasteiger charge is -2.23. The summed E-state index contributed by atoms with van der Waals surface area (Å²) in [6.07, 6.45) is 0. The van der Waals surface area contributed by atoms with E-state index in [1.165, 1.54) is 0 Å². The Labute approximate surface area is 114 Å². The topological polar surface area (TPSA) is 75.8 Å². The highest BCUT2D eigenvalue weighted by atomic mass is 16.5. The van der Waals surface area contributed by atoms with Crippen molar-refractivity contribution in [2.24, 2.45) is 5.73 Å². The van der Waals surface area contributed by atoms with Crippen LogP contribution in [0.4, 0.5) is 5.69 Å². The highest BCUT2D eigenvalue weighted by Crippen LogP contribution is 2.30. The van der Waals surface area contributed by atoms with Gasteiger partial charge in [0.05, 0.1) is 7.11 Å². The average Bonchev–Trinajstić information content (AvgIpc) is 2.37. The first kappa shape index (κ1) is 15.3. The molecule has 0 saturated heterocycles. The summed E-state index contributed by atoms with van der Waals surface area (Å²) in [5, 5.41) is 8.83. The zero-order chi connectivity index (χ0) is 14.6. The molecular weight excluding hydrogens is 244 g/mol. The SMILES string of the molecule is COc1ccc(N(C)CC(N)C(=O)O)cc1C(C)C. The van der Waals surface area contributed by atoms with E-state index in [9.17, 15) is 4.79 Å². The van der Waals surface area contributed by atoms with E-state index in [0.29, 0.717) is 5.92 Å². The van der Waals surface area contributed by atoms with Gasteiger partial charge in [-0.1, -0.05) is 13.8 Å². The molecule has 0 heterocycles. The van der Waals surface area contributed by atoms with E-state index < -0.39 is 12.0 Å². The van der Waals surface area contributed by atoms with Gasteiger partial charge in [-0.05, 0) is 29.7 Å². The zero-order valence-corrected chi connectivity index (χ0v) is 11.9. The molecule has 0 amide bonds. The number of anilines is 1. The van der Waals surface area contributed by atoms with Crippen molar-refractivity contribution < 1.29 is 14.6 Å². The predicted molar refractivity (Wildman–Crippen MR) is 76.0 cm³/mol. The minimum absolute atomic E-state index is 0.263. The molecule has 0 bridgehead atoms. The normalized spacial score (nSPS) is 12.3. The molecule has 0 aliphatic heterocycles. The van der Waals surface area contributed by atoms with Crippen molar-refractivity contribution in [2.75, 3.05) is 25.6 Å². The molecule has 0 saturated carbocycles. The van der Waals surface area contributed by atoms with Crippen molar-refractivity contribution in [3.8, 4) is 5.75 Å². The number of aliphatic carboxylic acids is 1. The monoisotopic (exact) mass is 266 g/mol. The van der Waals surface area contributed by atoms with Crippen molar-refractivity contribution in [3.05, 3.63) is 23.8 Å². The van der Waals surface area contributed by atoms with Crippen molar-refractivity contribution in [1.82, 2.24) is 0 Å². The van der Waals surface area contributed by atoms with Gasteiger partial charge in [0.2, 0.25) is 0 Å². The maximum atomic E-state index is 10.8. The molecule has 3 N–H and O–H groups in total. The second-order valence-electron chi connectivity index (χ2n) is 4.91. The Balaban J connectivity index is 2.95. The number of carboxylic acids is 1. The maximum Gasteiger partial charge on any atom is 0.322 e. The molecule has 106 valence electrons. The van der Waals surface area contributed by atoms with Crippen LogP contribution in [0.5, 0.6) is 5.75 Å². The second-order valence-corrected chi connectivity index (χ2v) is 4.91. The summed E-state index contributed by atoms with van der Waals surface area (Å²) in [6.45, 7) is 4.44. The summed E-state index contributed by atoms with van der Waals surface area (Å²) in [7, 11) is 3.47. The molecule has 1 rings (SSSR count). The predicted octanol–water partition coefficient (Wildman–Crippen LogP) is 1.67. The minimum Gasteiger partial charge on any atom is -0.496 e. The summed E-state index contributed by atoms with van der Waals surface area (Å²) in [5.41, 5.74) is 7.57. The van der Waals surface area contributed by atoms with Crippen LogP contribution in [-0.2, 0) is 4.79 Å². The number of carboxylic acid groups (broad SMARTS) is 1. The smallest absolute Gasteiger partial charge is 0.322 e. The summed E-state index contributed by atoms with van der Waals surface area (Å²) in [4.78, 5) is 12.6. The third kappa shape index (κ3) is 3.86. The van der Waals surface area contributed by atoms with Gasteiger partial charge in [0.15, 0.2) is 0 Å². The van der Waals surface area contributed by atoms with Crippen LogP contribution in [0.25, 0.3) is 0 Å². The van der Waals surface area contributed by atoms with Gasteiger partial charge in [-0.2, -0.15) is 0 Å². The van der Waals surface area contributed by atoms with Gasteiger partial charge in [0.25, 0.3) is 0 Å². The van der Waals surface area contributed by atoms with Crippen LogP contribution in [-0.4, -0.2) is 37.8 Å². The lowest BCUT2D eigenvalue weighted by Crippen LogP contribution is -2.41. The largest absolute Gasteiger partial charge is 0.496 e. The molecule has 0 spiro atoms. The first-order valence-electron chi connectivity index (χ1n) is 6.24. The molecule has 1 aromatic rings. The van der Waals surface area contributed by atoms with Gasteiger partial charge in [0.1, 0.15) is 11.8 Å². The molecule has 1 aromatic carbocycles. The molecule has 19 heavy (non-hydrogen) atoms. The van der Waals surface area contributed by atoms with Crippen LogP contribution in [0.1, 0.15) is 25.3 Å². The van der Waals surface area contributed by atoms with Crippen LogP contribution in [0, 0.1) is 0 Å². The van der Waals surface area contributed by atoms with Gasteiger partial charge in [0, 0.05) is 19.3 Å². The fourth-order valence-electron chi connectivity index (χ4n) is 1.89. The summed E-state index contributed by atoms with van der Waals surface area (Å²) >= 11 is 0. The number of ether oxygens (including phenoxy) is 1. The van der Waals surface area contributed by atoms with Crippen LogP contribution in [0.15, 0.2) is 18.2 Å². The van der Waals surface area contributed by atoms with E-state index in [0.717, 1.165) is 17.0 Å². The molecule has 0 aliphatic carbocycles. The third-order valence-electron chi connectivity index (χ3n) is 3.06. The molecular formula is C14H22N2O3. The first-order valence-corrected chi connectivity index (χ1v) is 6.24. The molecule has 0 aliphatic rings. The van der Waals surface area contributed by atoms with Gasteiger partial charge < -0.3 is 20.5 Å². The van der Waals surface area contributed by atoms with Crippen molar-refractivity contribution in [3.63, 3.8) is 0 Å². The third-order valence-corrected chi connectivity index (χ3v) is 3.06. The van der Waals surface area contributed by atoms with Gasteiger partial charge in [-0.25, -0.2) is 0 Å². The molecule has 5 heteroatoms. The highest BCUT2D eigenvalue weighted by molar-refractivity contribution is 5.74. The Bertz CT molecular complexity index is 446. The van der Waals surface area contributed by atoms with Crippen molar-refractivity contribution >= 4 is 11.7 Å². The fourth-order valence-corrected chi connectivity index (χ4v) is 1.89. The minimum atomic E-state index is -0.996. The standard InChI is InChI=1S/C14H22N2O3/c1-9(2)11-7-10(5-6-13(11)19-4)16(3)8-12(15)14(17)18/h5-7,9,12H,8,15H2,1-4H3,(H,17,18). The lowest BCUT2D eigenvalue weighted by molar-refractivity contribution is -0.138. The summed E-state index contributed by atoms with van der Waals surface area (Å²) < 4.78 is 5.32. The summed E-state index contributed by atoms with van der Waals surface area (Å²) in [6, 6.07) is 4.92. The zero-order valence-electron chi connectivity index (χ0n) is 11.9. The highest BCUT2D eigenvalue weighted by Gasteiger charge is 2.16. The Hall–Kier alpha value is -1.75. The number of hydrogen-bond donors (Lipinski definition) is 2. The number of nitrogens with two attached hydrogens (primary N) is 1. The molecule has 1 unspecified atom stereocenters. The quantitative estimate of drug-likeness (QED) is 0.819. The van der Waals surface area contributed by atoms with E-state index >= 15 is 0 Å². The van der Waals surface area contributed by atoms with Crippen LogP contribution < -0.4 is 15.4 Å². The molecule has 5 nitrogen and oxygen atoms in total. The Morgan fingerprint density at radius 1 is 1.47 bits per heavy atom. The Morgan fingerprint density at radius 2 is 2.11 bits per heavy atom. The number of methoxy groups -OCH3 is 1. The second kappa shape index (κ2) is 6.43. The molecule has 0 aromatic heterocycles. The number of rotatable bonds is 6. The van der Waals surface area contributed by atoms with E-state index in [4.69, 9.17) is 15.6 Å². The van der Waals surface area contributed by atoms with Gasteiger partial charge >= 0.3 is 5.97 Å². The summed E-state index contributed by atoms with van der Waals surface area (Å²) in [5.74, 6) is 0.176. The van der Waals surface area contributed by atoms with Gasteiger partial charge in [-0.15, -0.1) is 0 Å². The number of benzene rings is 1. The van der Waals surface area contributed by atoms with E-state index in [1.54, 1.807) is 7.11 Å². The Morgan fingerprint density at radius 3 is 2.58 bits per heavy atom. The maximum absolute atomic E-state index is 10.8. The number of likely N-dealkylation sites (N-methyl/N-ethyl adjacent to an activating group) is 1. The van der Waals surface area contributed by atoms with Gasteiger partial charge in [-0.3, -0.25) is 4.79 Å².